The van der Waals surface area contributed by atoms with Gasteiger partial charge < -0.3 is 9.47 Å². The molecule has 0 spiro atoms. The largest absolute Gasteiger partial charge is 0.477 e. The Kier molecular flexibility index (Phi) is 6.67. The fourth-order valence-electron chi connectivity index (χ4n) is 2.57. The molecule has 166 valence electrons. The summed E-state index contributed by atoms with van der Waals surface area (Å²) in [6.07, 6.45) is 2.62. The van der Waals surface area contributed by atoms with Gasteiger partial charge in [0.05, 0.1) is 12.3 Å². The molecule has 0 saturated carbocycles. The minimum absolute atomic E-state index is 0.0395. The van der Waals surface area contributed by atoms with Crippen LogP contribution in [0.15, 0.2) is 34.4 Å². The Morgan fingerprint density at radius 3 is 2.71 bits per heavy atom. The minimum atomic E-state index is -4.59. The summed E-state index contributed by atoms with van der Waals surface area (Å²) in [7, 11) is -4.59. The highest BCUT2D eigenvalue weighted by Crippen LogP contribution is 2.34. The zero-order chi connectivity index (χ0) is 22.6. The Hall–Kier alpha value is -2.90. The third kappa shape index (κ3) is 4.73. The molecule has 1 aliphatic heterocycles. The summed E-state index contributed by atoms with van der Waals surface area (Å²) < 4.78 is 63.2. The summed E-state index contributed by atoms with van der Waals surface area (Å²) in [5.41, 5.74) is 0.138. The molecule has 1 atom stereocenters. The zero-order valence-electron chi connectivity index (χ0n) is 16.4. The Bertz CT molecular complexity index is 1120. The number of hydrogen-bond acceptors (Lipinski definition) is 8. The predicted octanol–water partition coefficient (Wildman–Crippen LogP) is 3.48. The van der Waals surface area contributed by atoms with Gasteiger partial charge in [-0.3, -0.25) is 0 Å². The normalized spacial score (nSPS) is 17.9. The summed E-state index contributed by atoms with van der Waals surface area (Å²) in [5, 5.41) is 3.81. The highest BCUT2D eigenvalue weighted by Gasteiger charge is 2.51. The lowest BCUT2D eigenvalue weighted by Gasteiger charge is -2.22. The molecule has 1 unspecified atom stereocenters. The van der Waals surface area contributed by atoms with Crippen molar-refractivity contribution in [1.82, 2.24) is 14.0 Å². The Balaban J connectivity index is 2.08. The Morgan fingerprint density at radius 1 is 1.29 bits per heavy atom. The first-order chi connectivity index (χ1) is 14.7. The first-order valence-corrected chi connectivity index (χ1v) is 10.7. The van der Waals surface area contributed by atoms with Crippen LogP contribution in [0, 0.1) is 6.92 Å². The number of alkyl halides is 2. The van der Waals surface area contributed by atoms with Crippen molar-refractivity contribution in [3.63, 3.8) is 0 Å². The maximum atomic E-state index is 13.4. The molecule has 0 amide bonds. The van der Waals surface area contributed by atoms with E-state index in [1.54, 1.807) is 0 Å². The van der Waals surface area contributed by atoms with Crippen LogP contribution in [0.1, 0.15) is 18.9 Å². The molecule has 0 aliphatic carbocycles. The number of aryl methyl sites for hydroxylation is 1. The Labute approximate surface area is 182 Å². The third-order valence-electron chi connectivity index (χ3n) is 3.96. The average molecular weight is 476 g/mol. The van der Waals surface area contributed by atoms with Gasteiger partial charge in [-0.1, -0.05) is 30.7 Å². The topological polar surface area (TPSA) is 115 Å². The first kappa shape index (κ1) is 22.8. The van der Waals surface area contributed by atoms with Crippen LogP contribution >= 0.6 is 11.6 Å². The van der Waals surface area contributed by atoms with Crippen molar-refractivity contribution >= 4 is 46.1 Å². The van der Waals surface area contributed by atoms with Crippen LogP contribution in [-0.2, 0) is 10.2 Å². The van der Waals surface area contributed by atoms with E-state index in [0.29, 0.717) is 18.6 Å². The zero-order valence-corrected chi connectivity index (χ0v) is 17.9. The maximum absolute atomic E-state index is 13.4. The van der Waals surface area contributed by atoms with Gasteiger partial charge in [-0.2, -0.15) is 18.8 Å². The molecule has 31 heavy (non-hydrogen) atoms. The fourth-order valence-corrected chi connectivity index (χ4v) is 4.03. The van der Waals surface area contributed by atoms with Gasteiger partial charge in [-0.05, 0) is 30.1 Å². The van der Waals surface area contributed by atoms with E-state index in [9.17, 15) is 17.2 Å². The molecule has 1 N–H and O–H groups in total. The van der Waals surface area contributed by atoms with Gasteiger partial charge in [0.15, 0.2) is 12.1 Å². The third-order valence-corrected chi connectivity index (χ3v) is 5.70. The van der Waals surface area contributed by atoms with E-state index in [4.69, 9.17) is 16.3 Å². The highest BCUT2D eigenvalue weighted by atomic mass is 35.5. The molecule has 2 heterocycles. The van der Waals surface area contributed by atoms with E-state index < -0.39 is 20.8 Å². The van der Waals surface area contributed by atoms with Crippen LogP contribution < -0.4 is 18.2 Å². The first-order valence-electron chi connectivity index (χ1n) is 8.91. The van der Waals surface area contributed by atoms with Gasteiger partial charge >= 0.3 is 22.8 Å². The smallest absolute Gasteiger partial charge is 0.432 e. The number of benzene rings is 1. The highest BCUT2D eigenvalue weighted by molar-refractivity contribution is 7.92. The molecule has 0 fully saturated rings. The maximum Gasteiger partial charge on any atom is 0.432 e. The summed E-state index contributed by atoms with van der Waals surface area (Å²) in [5.74, 6) is -0.706. The number of anilines is 1. The number of rotatable bonds is 9. The van der Waals surface area contributed by atoms with Crippen molar-refractivity contribution in [3.8, 4) is 11.6 Å². The summed E-state index contributed by atoms with van der Waals surface area (Å²) >= 11 is 6.03. The molecule has 3 rings (SSSR count). The molecule has 10 nitrogen and oxygen atoms in total. The molecular formula is C17H18ClF2N6O4S+. The van der Waals surface area contributed by atoms with Gasteiger partial charge in [-0.15, -0.1) is 13.4 Å². The number of halogens is 3. The van der Waals surface area contributed by atoms with Gasteiger partial charge in [0.1, 0.15) is 5.15 Å². The fraction of sp³-hybridized carbons (Fsp3) is 0.294. The van der Waals surface area contributed by atoms with E-state index in [1.807, 2.05) is 6.92 Å². The molecule has 14 heteroatoms. The molecule has 1 aromatic heterocycles. The monoisotopic (exact) mass is 475 g/mol. The summed E-state index contributed by atoms with van der Waals surface area (Å²) in [4.78, 5) is 11.8. The van der Waals surface area contributed by atoms with Gasteiger partial charge in [0.2, 0.25) is 12.2 Å². The van der Waals surface area contributed by atoms with Crippen molar-refractivity contribution in [1.29, 1.82) is 0 Å². The molecule has 2 aromatic rings. The standard InChI is InChI=1S/C17H18ClF2N6O4S/c1-3-7-29-14-8-13(18)23-17(24-14)26(10-21-9-22-26)31(27,28)25-15-11(2)5-4-6-12(15)30-16(19)20/h4-6,8-10,16,25H,3,7H2,1-2H3/q+1. The van der Waals surface area contributed by atoms with Crippen molar-refractivity contribution in [3.05, 3.63) is 35.0 Å². The summed E-state index contributed by atoms with van der Waals surface area (Å²) in [6.45, 7) is 0.556. The van der Waals surface area contributed by atoms with Crippen LogP contribution in [0.2, 0.25) is 5.15 Å². The van der Waals surface area contributed by atoms with Gasteiger partial charge in [-0.25, -0.2) is 4.72 Å². The van der Waals surface area contributed by atoms with Crippen LogP contribution in [0.3, 0.4) is 0 Å². The Morgan fingerprint density at radius 2 is 2.06 bits per heavy atom. The number of aliphatic imine (C=N–C) groups is 1. The van der Waals surface area contributed by atoms with E-state index >= 15 is 0 Å². The SMILES string of the molecule is CCCOc1cc(Cl)nc([N+]2(S(=O)(=O)Nc3c(C)cccc3OC(F)F)C=NC=N2)n1. The van der Waals surface area contributed by atoms with Gasteiger partial charge in [0.25, 0.3) is 0 Å². The van der Waals surface area contributed by atoms with E-state index in [1.165, 1.54) is 31.2 Å². The number of hydrogen-bond donors (Lipinski definition) is 1. The van der Waals surface area contributed by atoms with Crippen molar-refractivity contribution < 1.29 is 26.7 Å². The number of ether oxygens (including phenoxy) is 2. The molecule has 0 saturated heterocycles. The lowest BCUT2D eigenvalue weighted by atomic mass is 10.2. The second-order valence-corrected chi connectivity index (χ2v) is 8.30. The van der Waals surface area contributed by atoms with Crippen molar-refractivity contribution in [2.45, 2.75) is 26.9 Å². The van der Waals surface area contributed by atoms with Crippen molar-refractivity contribution in [2.24, 2.45) is 10.1 Å². The second kappa shape index (κ2) is 9.08. The number of nitrogens with one attached hydrogen (secondary N) is 1. The quantitative estimate of drug-likeness (QED) is 0.438. The molecular weight excluding hydrogens is 458 g/mol. The van der Waals surface area contributed by atoms with Crippen LogP contribution in [0.5, 0.6) is 11.6 Å². The molecule has 0 bridgehead atoms. The summed E-state index contributed by atoms with van der Waals surface area (Å²) in [6, 6.07) is 5.50. The lowest BCUT2D eigenvalue weighted by molar-refractivity contribution is -0.0493. The second-order valence-electron chi connectivity index (χ2n) is 6.20. The molecule has 1 aliphatic rings. The molecule has 1 aromatic carbocycles. The lowest BCUT2D eigenvalue weighted by Crippen LogP contribution is -2.51. The van der Waals surface area contributed by atoms with Crippen LogP contribution in [0.25, 0.3) is 0 Å². The number of nitrogens with zero attached hydrogens (tertiary/aromatic N) is 5. The number of para-hydroxylation sites is 1. The predicted molar refractivity (Wildman–Crippen MR) is 112 cm³/mol. The van der Waals surface area contributed by atoms with E-state index in [-0.39, 0.29) is 28.4 Å². The van der Waals surface area contributed by atoms with E-state index in [0.717, 1.165) is 12.7 Å². The van der Waals surface area contributed by atoms with Gasteiger partial charge in [0, 0.05) is 10.1 Å². The molecule has 0 radical (unpaired) electrons. The van der Waals surface area contributed by atoms with Crippen LogP contribution in [0.4, 0.5) is 20.4 Å². The van der Waals surface area contributed by atoms with Crippen molar-refractivity contribution in [2.75, 3.05) is 11.3 Å². The average Bonchev–Trinajstić information content (AvgIpc) is 3.20. The van der Waals surface area contributed by atoms with Crippen LogP contribution in [-0.4, -0.2) is 44.3 Å². The number of aromatic nitrogens is 2. The number of quaternary nitrogens is 1. The minimum Gasteiger partial charge on any atom is -0.477 e. The van der Waals surface area contributed by atoms with E-state index in [2.05, 4.69) is 29.5 Å².